The van der Waals surface area contributed by atoms with Gasteiger partial charge in [-0.2, -0.15) is 0 Å². The minimum Gasteiger partial charge on any atom is -0.370 e. The van der Waals surface area contributed by atoms with Crippen LogP contribution in [0.3, 0.4) is 0 Å². The second-order valence-electron chi connectivity index (χ2n) is 16.1. The number of allylic oxidation sites excluding steroid dienone is 4. The summed E-state index contributed by atoms with van der Waals surface area (Å²) in [5.41, 5.74) is 18.4. The summed E-state index contributed by atoms with van der Waals surface area (Å²) in [6.45, 7) is 0. The Morgan fingerprint density at radius 3 is 1.52 bits per heavy atom. The van der Waals surface area contributed by atoms with Crippen LogP contribution < -0.4 is 0 Å². The monoisotopic (exact) mass is 800 g/mol. The Hall–Kier alpha value is -7.96. The van der Waals surface area contributed by atoms with E-state index in [2.05, 4.69) is 240 Å². The molecule has 0 fully saturated rings. The fourth-order valence-corrected chi connectivity index (χ4v) is 9.38. The lowest BCUT2D eigenvalue weighted by Crippen LogP contribution is -2.24. The van der Waals surface area contributed by atoms with E-state index < -0.39 is 0 Å². The SMILES string of the molecule is CN1C=CC=CC1c1c(C2C=CC=CN2C)c2[nH]c1cc1nc(cc3ccc([nH]3)c(-c3ccccc3)c3nc(c2-c2ccccc2)C(c2ccccc2)=C3c2ccccc2)C=C1. The zero-order valence-corrected chi connectivity index (χ0v) is 34.6. The summed E-state index contributed by atoms with van der Waals surface area (Å²) < 4.78 is 0. The molecule has 0 saturated carbocycles. The van der Waals surface area contributed by atoms with Gasteiger partial charge in [-0.25, -0.2) is 9.97 Å². The van der Waals surface area contributed by atoms with Crippen molar-refractivity contribution >= 4 is 45.4 Å². The topological polar surface area (TPSA) is 63.8 Å². The summed E-state index contributed by atoms with van der Waals surface area (Å²) in [6, 6.07) is 51.5. The Bertz CT molecular complexity index is 3200. The number of hydrogen-bond donors (Lipinski definition) is 2. The zero-order chi connectivity index (χ0) is 41.6. The minimum absolute atomic E-state index is 0.0641. The van der Waals surface area contributed by atoms with Crippen LogP contribution in [-0.2, 0) is 0 Å². The van der Waals surface area contributed by atoms with E-state index in [1.165, 1.54) is 11.1 Å². The molecule has 3 aromatic heterocycles. The fraction of sp³-hybridized carbons (Fsp3) is 0.0714. The van der Waals surface area contributed by atoms with Crippen molar-refractivity contribution in [1.82, 2.24) is 29.7 Å². The van der Waals surface area contributed by atoms with Crippen LogP contribution in [0.5, 0.6) is 0 Å². The van der Waals surface area contributed by atoms with E-state index in [0.717, 1.165) is 89.4 Å². The molecule has 4 aliphatic heterocycles. The molecule has 7 heterocycles. The maximum atomic E-state index is 6.02. The molecule has 2 unspecified atom stereocenters. The summed E-state index contributed by atoms with van der Waals surface area (Å²) >= 11 is 0. The van der Waals surface area contributed by atoms with Crippen molar-refractivity contribution in [2.75, 3.05) is 14.1 Å². The van der Waals surface area contributed by atoms with Crippen LogP contribution >= 0.6 is 0 Å². The highest BCUT2D eigenvalue weighted by Gasteiger charge is 2.34. The second kappa shape index (κ2) is 15.6. The summed E-state index contributed by atoms with van der Waals surface area (Å²) in [5.74, 6) is 0. The first-order valence-corrected chi connectivity index (χ1v) is 21.2. The van der Waals surface area contributed by atoms with Gasteiger partial charge in [-0.15, -0.1) is 0 Å². The molecule has 0 spiro atoms. The van der Waals surface area contributed by atoms with Gasteiger partial charge in [0.05, 0.1) is 40.4 Å². The van der Waals surface area contributed by atoms with Crippen molar-refractivity contribution in [2.24, 2.45) is 0 Å². The van der Waals surface area contributed by atoms with E-state index in [-0.39, 0.29) is 12.1 Å². The van der Waals surface area contributed by atoms with Gasteiger partial charge in [0, 0.05) is 64.0 Å². The van der Waals surface area contributed by atoms with Crippen molar-refractivity contribution in [3.63, 3.8) is 0 Å². The Morgan fingerprint density at radius 1 is 0.452 bits per heavy atom. The van der Waals surface area contributed by atoms with Crippen LogP contribution in [0.25, 0.3) is 67.6 Å². The Morgan fingerprint density at radius 2 is 0.952 bits per heavy atom. The molecule has 0 saturated heterocycles. The molecule has 2 atom stereocenters. The smallest absolute Gasteiger partial charge is 0.0822 e. The van der Waals surface area contributed by atoms with E-state index in [1.54, 1.807) is 0 Å². The van der Waals surface area contributed by atoms with Crippen molar-refractivity contribution in [3.8, 4) is 22.3 Å². The van der Waals surface area contributed by atoms with E-state index in [1.807, 2.05) is 0 Å². The average molecular weight is 801 g/mol. The number of rotatable bonds is 6. The Balaban J connectivity index is 1.44. The summed E-state index contributed by atoms with van der Waals surface area (Å²) in [4.78, 5) is 23.7. The molecule has 4 aliphatic rings. The molecule has 6 nitrogen and oxygen atoms in total. The van der Waals surface area contributed by atoms with Gasteiger partial charge in [-0.3, -0.25) is 0 Å². The zero-order valence-electron chi connectivity index (χ0n) is 34.6. The van der Waals surface area contributed by atoms with Crippen molar-refractivity contribution in [2.45, 2.75) is 12.1 Å². The molecule has 0 aliphatic carbocycles. The van der Waals surface area contributed by atoms with Crippen LogP contribution in [0.4, 0.5) is 0 Å². The van der Waals surface area contributed by atoms with Gasteiger partial charge >= 0.3 is 0 Å². The van der Waals surface area contributed by atoms with Gasteiger partial charge < -0.3 is 19.8 Å². The molecule has 4 aromatic carbocycles. The molecule has 0 radical (unpaired) electrons. The number of nitrogens with zero attached hydrogens (tertiary/aromatic N) is 4. The van der Waals surface area contributed by atoms with E-state index in [4.69, 9.17) is 9.97 Å². The number of aromatic nitrogens is 4. The van der Waals surface area contributed by atoms with Crippen LogP contribution in [0.15, 0.2) is 194 Å². The quantitative estimate of drug-likeness (QED) is 0.176. The summed E-state index contributed by atoms with van der Waals surface area (Å²) in [7, 11) is 4.33. The Kier molecular flexibility index (Phi) is 9.31. The number of fused-ring (bicyclic) bond motifs is 8. The normalized spacial score (nSPS) is 16.7. The van der Waals surface area contributed by atoms with Crippen LogP contribution in [0.1, 0.15) is 57.1 Å². The number of likely N-dealkylation sites (N-methyl/N-ethyl adjacent to an activating group) is 2. The van der Waals surface area contributed by atoms with Gasteiger partial charge in [-0.1, -0.05) is 146 Å². The fourth-order valence-electron chi connectivity index (χ4n) is 9.38. The molecule has 2 N–H and O–H groups in total. The van der Waals surface area contributed by atoms with Crippen molar-refractivity contribution in [3.05, 3.63) is 239 Å². The maximum Gasteiger partial charge on any atom is 0.0822 e. The van der Waals surface area contributed by atoms with Gasteiger partial charge in [0.2, 0.25) is 0 Å². The van der Waals surface area contributed by atoms with Crippen LogP contribution in [0, 0.1) is 0 Å². The second-order valence-corrected chi connectivity index (χ2v) is 16.1. The van der Waals surface area contributed by atoms with Gasteiger partial charge in [0.15, 0.2) is 0 Å². The minimum atomic E-state index is -0.0971. The van der Waals surface area contributed by atoms with Gasteiger partial charge in [0.1, 0.15) is 0 Å². The number of nitrogens with one attached hydrogen (secondary N) is 2. The molecule has 62 heavy (non-hydrogen) atoms. The third-order valence-corrected chi connectivity index (χ3v) is 12.2. The van der Waals surface area contributed by atoms with Gasteiger partial charge in [0.25, 0.3) is 0 Å². The molecule has 298 valence electrons. The summed E-state index contributed by atoms with van der Waals surface area (Å²) in [6.07, 6.45) is 21.7. The molecular weight excluding hydrogens is 757 g/mol. The lowest BCUT2D eigenvalue weighted by Gasteiger charge is -2.32. The standard InChI is InChI=1S/C56H44N6/c1-61-33-17-15-27-46(61)52-45-36-43-30-29-41(57-43)35-42-31-32-44(58-42)48(37-19-7-3-8-20-37)54-49(38-21-9-4-10-22-38)50(39-23-11-5-12-24-39)55(60-54)51(40-25-13-6-14-26-40)56(59-45)53(52)47-28-16-18-34-62(47)2/h3-36,46-47,58-59H,1-2H3. The van der Waals surface area contributed by atoms with E-state index >= 15 is 0 Å². The lowest BCUT2D eigenvalue weighted by molar-refractivity contribution is 0.367. The highest BCUT2D eigenvalue weighted by Crippen LogP contribution is 2.49. The highest BCUT2D eigenvalue weighted by atomic mass is 15.1. The van der Waals surface area contributed by atoms with E-state index in [0.29, 0.717) is 0 Å². The highest BCUT2D eigenvalue weighted by molar-refractivity contribution is 6.13. The number of hydrogen-bond acceptors (Lipinski definition) is 4. The average Bonchev–Trinajstić information content (AvgIpc) is 4.12. The maximum absolute atomic E-state index is 6.02. The molecule has 11 rings (SSSR count). The lowest BCUT2D eigenvalue weighted by atomic mass is 9.86. The predicted molar refractivity (Wildman–Crippen MR) is 256 cm³/mol. The first-order chi connectivity index (χ1) is 30.6. The van der Waals surface area contributed by atoms with Crippen molar-refractivity contribution in [1.29, 1.82) is 0 Å². The summed E-state index contributed by atoms with van der Waals surface area (Å²) in [5, 5.41) is 0. The third kappa shape index (κ3) is 6.53. The molecular formula is C56H44N6. The third-order valence-electron chi connectivity index (χ3n) is 12.2. The number of H-pyrrole nitrogens is 2. The van der Waals surface area contributed by atoms with Crippen LogP contribution in [0.2, 0.25) is 0 Å². The largest absolute Gasteiger partial charge is 0.370 e. The molecule has 0 amide bonds. The molecule has 6 heteroatoms. The Labute approximate surface area is 361 Å². The van der Waals surface area contributed by atoms with E-state index in [9.17, 15) is 0 Å². The van der Waals surface area contributed by atoms with Crippen molar-refractivity contribution < 1.29 is 0 Å². The predicted octanol–water partition coefficient (Wildman–Crippen LogP) is 12.9. The first-order valence-electron chi connectivity index (χ1n) is 21.2. The first kappa shape index (κ1) is 37.1. The number of benzene rings is 4. The molecule has 8 bridgehead atoms. The number of aromatic amines is 2. The van der Waals surface area contributed by atoms with Crippen LogP contribution in [-0.4, -0.2) is 43.8 Å². The van der Waals surface area contributed by atoms with Gasteiger partial charge in [-0.05, 0) is 83.2 Å². The molecule has 7 aromatic rings.